The quantitative estimate of drug-likeness (QED) is 0.557. The number of carbonyl (C=O) groups excluding carboxylic acids is 2. The molecule has 0 spiro atoms. The van der Waals surface area contributed by atoms with Gasteiger partial charge in [-0.05, 0) is 42.9 Å². The molecule has 0 saturated carbocycles. The Hall–Kier alpha value is -2.82. The van der Waals surface area contributed by atoms with E-state index < -0.39 is 6.04 Å². The molecule has 1 N–H and O–H groups in total. The maximum Gasteiger partial charge on any atom is 0.261 e. The molecule has 0 unspecified atom stereocenters. The van der Waals surface area contributed by atoms with Crippen molar-refractivity contribution in [2.24, 2.45) is 0 Å². The molecule has 5 heteroatoms. The van der Waals surface area contributed by atoms with Gasteiger partial charge in [0.15, 0.2) is 6.61 Å². The minimum Gasteiger partial charge on any atom is -0.483 e. The predicted molar refractivity (Wildman–Crippen MR) is 125 cm³/mol. The summed E-state index contributed by atoms with van der Waals surface area (Å²) in [6, 6.07) is 17.0. The van der Waals surface area contributed by atoms with E-state index in [9.17, 15) is 9.59 Å². The first-order valence-corrected chi connectivity index (χ1v) is 11.2. The monoisotopic (exact) mass is 424 g/mol. The summed E-state index contributed by atoms with van der Waals surface area (Å²) in [6.07, 6.45) is 1.37. The highest BCUT2D eigenvalue weighted by molar-refractivity contribution is 5.88. The van der Waals surface area contributed by atoms with Crippen molar-refractivity contribution >= 4 is 11.8 Å². The fourth-order valence-electron chi connectivity index (χ4n) is 3.45. The van der Waals surface area contributed by atoms with Crippen molar-refractivity contribution < 1.29 is 14.3 Å². The Kier molecular flexibility index (Phi) is 9.57. The van der Waals surface area contributed by atoms with E-state index in [4.69, 9.17) is 4.74 Å². The van der Waals surface area contributed by atoms with E-state index in [1.165, 1.54) is 0 Å². The first kappa shape index (κ1) is 24.4. The third kappa shape index (κ3) is 7.12. The molecule has 31 heavy (non-hydrogen) atoms. The van der Waals surface area contributed by atoms with Gasteiger partial charge >= 0.3 is 0 Å². The third-order valence-corrected chi connectivity index (χ3v) is 5.47. The van der Waals surface area contributed by atoms with Gasteiger partial charge in [0, 0.05) is 12.6 Å². The smallest absolute Gasteiger partial charge is 0.261 e. The Bertz CT molecular complexity index is 836. The van der Waals surface area contributed by atoms with Gasteiger partial charge in [-0.1, -0.05) is 76.2 Å². The number of rotatable bonds is 11. The van der Waals surface area contributed by atoms with Crippen LogP contribution < -0.4 is 10.1 Å². The van der Waals surface area contributed by atoms with Crippen molar-refractivity contribution in [1.82, 2.24) is 10.2 Å². The molecule has 0 saturated heterocycles. The Morgan fingerprint density at radius 3 is 2.19 bits per heavy atom. The summed E-state index contributed by atoms with van der Waals surface area (Å²) in [4.78, 5) is 27.9. The molecule has 2 aromatic carbocycles. The molecule has 2 atom stereocenters. The fraction of sp³-hybridized carbons (Fsp3) is 0.462. The number of ether oxygens (including phenoxy) is 1. The number of hydrogen-bond donors (Lipinski definition) is 1. The molecule has 0 aliphatic heterocycles. The molecule has 0 bridgehead atoms. The van der Waals surface area contributed by atoms with Crippen LogP contribution in [-0.2, 0) is 16.1 Å². The number of benzene rings is 2. The highest BCUT2D eigenvalue weighted by atomic mass is 16.5. The maximum absolute atomic E-state index is 13.3. The number of hydrogen-bond acceptors (Lipinski definition) is 3. The lowest BCUT2D eigenvalue weighted by Gasteiger charge is -2.31. The normalized spacial score (nSPS) is 12.8. The minimum absolute atomic E-state index is 0.0596. The molecule has 5 nitrogen and oxygen atoms in total. The molecule has 2 rings (SSSR count). The van der Waals surface area contributed by atoms with Gasteiger partial charge < -0.3 is 15.0 Å². The summed E-state index contributed by atoms with van der Waals surface area (Å²) in [5.74, 6) is 0.677. The topological polar surface area (TPSA) is 58.6 Å². The minimum atomic E-state index is -0.550. The van der Waals surface area contributed by atoms with Gasteiger partial charge in [-0.25, -0.2) is 0 Å². The number of nitrogens with one attached hydrogen (secondary N) is 1. The molecule has 0 fully saturated rings. The molecule has 2 aromatic rings. The molecule has 0 aliphatic carbocycles. The second kappa shape index (κ2) is 12.1. The molecule has 2 amide bonds. The van der Waals surface area contributed by atoms with Crippen molar-refractivity contribution in [2.75, 3.05) is 6.61 Å². The summed E-state index contributed by atoms with van der Waals surface area (Å²) in [5.41, 5.74) is 2.04. The van der Waals surface area contributed by atoms with Crippen LogP contribution >= 0.6 is 0 Å². The third-order valence-electron chi connectivity index (χ3n) is 5.47. The van der Waals surface area contributed by atoms with E-state index in [1.54, 1.807) is 4.90 Å². The number of para-hydroxylation sites is 1. The van der Waals surface area contributed by atoms with Crippen molar-refractivity contribution in [1.29, 1.82) is 0 Å². The second-order valence-corrected chi connectivity index (χ2v) is 8.23. The van der Waals surface area contributed by atoms with E-state index in [-0.39, 0.29) is 30.4 Å². The average molecular weight is 425 g/mol. The molecule has 0 aliphatic rings. The van der Waals surface area contributed by atoms with Crippen LogP contribution in [0.5, 0.6) is 5.75 Å². The standard InChI is InChI=1S/C26H36N2O3/c1-6-20(5)27-26(30)23(7-2)28(17-21-13-9-8-10-14-21)25(29)18-31-24-16-12-11-15-22(24)19(3)4/h8-16,19-20,23H,6-7,17-18H2,1-5H3,(H,27,30)/t20-,23-/m1/s1. The lowest BCUT2D eigenvalue weighted by atomic mass is 10.0. The van der Waals surface area contributed by atoms with Gasteiger partial charge in [0.1, 0.15) is 11.8 Å². The fourth-order valence-corrected chi connectivity index (χ4v) is 3.45. The van der Waals surface area contributed by atoms with Crippen LogP contribution in [0.2, 0.25) is 0 Å². The van der Waals surface area contributed by atoms with E-state index >= 15 is 0 Å². The van der Waals surface area contributed by atoms with Gasteiger partial charge in [-0.3, -0.25) is 9.59 Å². The van der Waals surface area contributed by atoms with E-state index in [1.807, 2.05) is 75.4 Å². The van der Waals surface area contributed by atoms with E-state index in [0.29, 0.717) is 18.7 Å². The molecular weight excluding hydrogens is 388 g/mol. The number of carbonyl (C=O) groups is 2. The Labute approximate surface area is 186 Å². The maximum atomic E-state index is 13.3. The zero-order valence-electron chi connectivity index (χ0n) is 19.4. The highest BCUT2D eigenvalue weighted by Gasteiger charge is 2.29. The van der Waals surface area contributed by atoms with Crippen molar-refractivity contribution in [2.45, 2.75) is 72.0 Å². The van der Waals surface area contributed by atoms with Crippen LogP contribution in [0, 0.1) is 0 Å². The molecule has 0 aromatic heterocycles. The first-order valence-electron chi connectivity index (χ1n) is 11.2. The number of amides is 2. The van der Waals surface area contributed by atoms with Gasteiger partial charge in [-0.2, -0.15) is 0 Å². The van der Waals surface area contributed by atoms with Gasteiger partial charge in [-0.15, -0.1) is 0 Å². The summed E-state index contributed by atoms with van der Waals surface area (Å²) in [5, 5.41) is 3.03. The Morgan fingerprint density at radius 1 is 0.935 bits per heavy atom. The summed E-state index contributed by atoms with van der Waals surface area (Å²) in [6.45, 7) is 10.4. The summed E-state index contributed by atoms with van der Waals surface area (Å²) < 4.78 is 5.93. The average Bonchev–Trinajstić information content (AvgIpc) is 2.77. The highest BCUT2D eigenvalue weighted by Crippen LogP contribution is 2.26. The molecule has 0 heterocycles. The number of nitrogens with zero attached hydrogens (tertiary/aromatic N) is 1. The zero-order valence-corrected chi connectivity index (χ0v) is 19.4. The van der Waals surface area contributed by atoms with E-state index in [0.717, 1.165) is 17.5 Å². The predicted octanol–water partition coefficient (Wildman–Crippen LogP) is 4.91. The van der Waals surface area contributed by atoms with Crippen LogP contribution in [0.3, 0.4) is 0 Å². The van der Waals surface area contributed by atoms with E-state index in [2.05, 4.69) is 19.2 Å². The van der Waals surface area contributed by atoms with Gasteiger partial charge in [0.25, 0.3) is 5.91 Å². The molecule has 0 radical (unpaired) electrons. The zero-order chi connectivity index (χ0) is 22.8. The summed E-state index contributed by atoms with van der Waals surface area (Å²) >= 11 is 0. The van der Waals surface area contributed by atoms with Crippen molar-refractivity contribution in [3.8, 4) is 5.75 Å². The van der Waals surface area contributed by atoms with Gasteiger partial charge in [0.05, 0.1) is 0 Å². The lowest BCUT2D eigenvalue weighted by molar-refractivity contribution is -0.143. The SMILES string of the molecule is CC[C@@H](C)NC(=O)[C@@H](CC)N(Cc1ccccc1)C(=O)COc1ccccc1C(C)C. The molecular formula is C26H36N2O3. The van der Waals surface area contributed by atoms with Crippen LogP contribution in [0.4, 0.5) is 0 Å². The molecule has 168 valence electrons. The van der Waals surface area contributed by atoms with Crippen LogP contribution in [0.25, 0.3) is 0 Å². The van der Waals surface area contributed by atoms with Crippen LogP contribution in [0.1, 0.15) is 64.5 Å². The van der Waals surface area contributed by atoms with Crippen molar-refractivity contribution in [3.05, 3.63) is 65.7 Å². The van der Waals surface area contributed by atoms with Gasteiger partial charge in [0.2, 0.25) is 5.91 Å². The lowest BCUT2D eigenvalue weighted by Crippen LogP contribution is -2.51. The second-order valence-electron chi connectivity index (χ2n) is 8.23. The summed E-state index contributed by atoms with van der Waals surface area (Å²) in [7, 11) is 0. The Balaban J connectivity index is 2.22. The van der Waals surface area contributed by atoms with Crippen LogP contribution in [0.15, 0.2) is 54.6 Å². The Morgan fingerprint density at radius 2 is 1.58 bits per heavy atom. The van der Waals surface area contributed by atoms with Crippen LogP contribution in [-0.4, -0.2) is 35.4 Å². The first-order chi connectivity index (χ1) is 14.9. The largest absolute Gasteiger partial charge is 0.483 e. The van der Waals surface area contributed by atoms with Crippen molar-refractivity contribution in [3.63, 3.8) is 0 Å².